The first-order valence-electron chi connectivity index (χ1n) is 28.0. The van der Waals surface area contributed by atoms with Gasteiger partial charge in [-0.15, -0.1) is 0 Å². The van der Waals surface area contributed by atoms with Crippen molar-refractivity contribution in [3.63, 3.8) is 0 Å². The number of hydrogen-bond acceptors (Lipinski definition) is 15. The fourth-order valence-corrected chi connectivity index (χ4v) is 11.0. The van der Waals surface area contributed by atoms with Gasteiger partial charge in [0, 0.05) is 33.1 Å². The highest BCUT2D eigenvalue weighted by atomic mass is 16.6. The molecule has 0 radical (unpaired) electrons. The highest BCUT2D eigenvalue weighted by Crippen LogP contribution is 2.40. The molecule has 4 saturated heterocycles. The number of benzene rings is 1. The maximum absolute atomic E-state index is 14.9. The second kappa shape index (κ2) is 26.8. The molecule has 1 spiro atoms. The second-order valence-corrected chi connectivity index (χ2v) is 23.7. The summed E-state index contributed by atoms with van der Waals surface area (Å²) < 4.78 is 22.9. The quantitative estimate of drug-likeness (QED) is 0.140. The van der Waals surface area contributed by atoms with Crippen LogP contribution in [-0.4, -0.2) is 183 Å². The van der Waals surface area contributed by atoms with Gasteiger partial charge in [-0.05, 0) is 116 Å². The fourth-order valence-electron chi connectivity index (χ4n) is 11.0. The summed E-state index contributed by atoms with van der Waals surface area (Å²) in [4.78, 5) is 149. The topological polar surface area (TPSA) is 277 Å². The van der Waals surface area contributed by atoms with Crippen LogP contribution in [0.5, 0.6) is 5.75 Å². The van der Waals surface area contributed by atoms with Crippen LogP contribution in [0.15, 0.2) is 24.3 Å². The van der Waals surface area contributed by atoms with Crippen molar-refractivity contribution in [3.8, 4) is 5.75 Å². The molecule has 1 aromatic rings. The lowest BCUT2D eigenvalue weighted by atomic mass is 9.91. The SMILES string of the molecule is CC[C@H](C)[C@@H]1NC(=O)[C@H](NC(=O)C(C)N2CCC3(CCCN3C(=O)OC(C)(C)C)C2=O)[C@H](C)OC(=O)[C@@H](Cc2ccc(OC)cc2)N(C)C(=O)[C@H]2CCCN2C(=O)[C@@H](CC(C)C)NC(=O)[C@H](C)C(=O)[C@@H](C(C)C)OC(=O)C[C@H]1O. The average Bonchev–Trinajstić information content (AvgIpc) is 4.28. The lowest BCUT2D eigenvalue weighted by molar-refractivity contribution is -0.163. The molecular formula is C57H87N7O15. The van der Waals surface area contributed by atoms with Gasteiger partial charge in [0.25, 0.3) is 0 Å². The molecule has 4 aliphatic rings. The van der Waals surface area contributed by atoms with Gasteiger partial charge in [-0.2, -0.15) is 0 Å². The molecule has 7 amide bonds. The van der Waals surface area contributed by atoms with Crippen molar-refractivity contribution >= 4 is 59.3 Å². The summed E-state index contributed by atoms with van der Waals surface area (Å²) in [6.07, 6.45) is -3.91. The number of carbonyl (C=O) groups is 10. The molecule has 4 heterocycles. The highest BCUT2D eigenvalue weighted by molar-refractivity contribution is 6.05. The van der Waals surface area contributed by atoms with E-state index in [-0.39, 0.29) is 51.2 Å². The van der Waals surface area contributed by atoms with E-state index in [1.165, 1.54) is 54.5 Å². The first kappa shape index (κ1) is 63.5. The number of esters is 2. The number of aliphatic hydroxyl groups is 1. The molecule has 22 nitrogen and oxygen atoms in total. The number of fused-ring (bicyclic) bond motifs is 1. The number of methoxy groups -OCH3 is 1. The molecule has 79 heavy (non-hydrogen) atoms. The Bertz CT molecular complexity index is 2410. The van der Waals surface area contributed by atoms with Crippen LogP contribution in [0.2, 0.25) is 0 Å². The van der Waals surface area contributed by atoms with Crippen molar-refractivity contribution < 1.29 is 72.0 Å². The van der Waals surface area contributed by atoms with E-state index in [0.717, 1.165) is 0 Å². The van der Waals surface area contributed by atoms with Crippen molar-refractivity contribution in [2.24, 2.45) is 23.7 Å². The lowest BCUT2D eigenvalue weighted by Crippen LogP contribution is -2.62. The van der Waals surface area contributed by atoms with Crippen LogP contribution < -0.4 is 20.7 Å². The van der Waals surface area contributed by atoms with Gasteiger partial charge in [0.2, 0.25) is 35.4 Å². The molecule has 0 bridgehead atoms. The molecule has 440 valence electrons. The first-order valence-corrected chi connectivity index (χ1v) is 28.0. The smallest absolute Gasteiger partial charge is 0.411 e. The Morgan fingerprint density at radius 3 is 2.13 bits per heavy atom. The Balaban J connectivity index is 1.58. The zero-order chi connectivity index (χ0) is 59.0. The number of ether oxygens (including phenoxy) is 4. The maximum atomic E-state index is 14.9. The number of aliphatic hydroxyl groups excluding tert-OH is 1. The van der Waals surface area contributed by atoms with Crippen molar-refractivity contribution in [2.75, 3.05) is 33.8 Å². The van der Waals surface area contributed by atoms with E-state index in [0.29, 0.717) is 37.0 Å². The first-order chi connectivity index (χ1) is 37.0. The third-order valence-electron chi connectivity index (χ3n) is 15.9. The van der Waals surface area contributed by atoms with E-state index < -0.39 is 149 Å². The Morgan fingerprint density at radius 2 is 1.53 bits per heavy atom. The number of cyclic esters (lactones) is 2. The van der Waals surface area contributed by atoms with Crippen molar-refractivity contribution in [1.82, 2.24) is 35.6 Å². The lowest BCUT2D eigenvalue weighted by Gasteiger charge is -2.36. The Hall–Kier alpha value is -6.32. The molecule has 5 rings (SSSR count). The summed E-state index contributed by atoms with van der Waals surface area (Å²) in [5.41, 5.74) is -1.52. The van der Waals surface area contributed by atoms with Gasteiger partial charge in [0.05, 0.1) is 31.6 Å². The highest BCUT2D eigenvalue weighted by Gasteiger charge is 2.57. The molecule has 12 atom stereocenters. The van der Waals surface area contributed by atoms with Crippen LogP contribution in [0, 0.1) is 23.7 Å². The number of rotatable bonds is 11. The molecule has 0 aromatic heterocycles. The van der Waals surface area contributed by atoms with Crippen LogP contribution in [0.1, 0.15) is 140 Å². The molecule has 4 aliphatic heterocycles. The van der Waals surface area contributed by atoms with Gasteiger partial charge < -0.3 is 54.7 Å². The third-order valence-corrected chi connectivity index (χ3v) is 15.9. The van der Waals surface area contributed by atoms with Gasteiger partial charge in [0.1, 0.15) is 53.2 Å². The number of Topliss-reactive ketones (excluding diaryl/α,β-unsaturated/α-hetero) is 1. The van der Waals surface area contributed by atoms with E-state index in [9.17, 15) is 53.1 Å². The predicted octanol–water partition coefficient (Wildman–Crippen LogP) is 3.46. The number of nitrogens with zero attached hydrogens (tertiary/aromatic N) is 4. The summed E-state index contributed by atoms with van der Waals surface area (Å²) in [6, 6.07) is -1.08. The average molecular weight is 1110 g/mol. The number of nitrogens with one attached hydrogen (secondary N) is 3. The van der Waals surface area contributed by atoms with Crippen LogP contribution in [0.3, 0.4) is 0 Å². The Kier molecular flexibility index (Phi) is 21.5. The van der Waals surface area contributed by atoms with E-state index in [1.54, 1.807) is 72.7 Å². The summed E-state index contributed by atoms with van der Waals surface area (Å²) in [7, 11) is 2.90. The normalized spacial score (nSPS) is 29.3. The van der Waals surface area contributed by atoms with Crippen molar-refractivity contribution in [2.45, 2.75) is 207 Å². The number of likely N-dealkylation sites (N-methyl/N-ethyl adjacent to an activating group) is 1. The van der Waals surface area contributed by atoms with Gasteiger partial charge in [0.15, 0.2) is 11.9 Å². The second-order valence-electron chi connectivity index (χ2n) is 23.7. The molecule has 0 aliphatic carbocycles. The molecule has 4 N–H and O–H groups in total. The third kappa shape index (κ3) is 15.1. The number of ketones is 1. The summed E-state index contributed by atoms with van der Waals surface area (Å²) >= 11 is 0. The monoisotopic (exact) mass is 1110 g/mol. The van der Waals surface area contributed by atoms with Crippen molar-refractivity contribution in [3.05, 3.63) is 29.8 Å². The molecule has 2 unspecified atom stereocenters. The van der Waals surface area contributed by atoms with E-state index >= 15 is 0 Å². The van der Waals surface area contributed by atoms with Gasteiger partial charge in [-0.3, -0.25) is 43.3 Å². The minimum atomic E-state index is -1.74. The Labute approximate surface area is 465 Å². The van der Waals surface area contributed by atoms with Gasteiger partial charge in [-0.1, -0.05) is 60.1 Å². The van der Waals surface area contributed by atoms with E-state index in [4.69, 9.17) is 18.9 Å². The molecule has 1 aromatic carbocycles. The summed E-state index contributed by atoms with van der Waals surface area (Å²) in [6.45, 7) is 20.3. The zero-order valence-electron chi connectivity index (χ0n) is 48.8. The molecule has 22 heteroatoms. The summed E-state index contributed by atoms with van der Waals surface area (Å²) in [5, 5.41) is 20.0. The Morgan fingerprint density at radius 1 is 0.873 bits per heavy atom. The maximum Gasteiger partial charge on any atom is 0.411 e. The predicted molar refractivity (Wildman–Crippen MR) is 288 cm³/mol. The fraction of sp³-hybridized carbons (Fsp3) is 0.719. The van der Waals surface area contributed by atoms with Crippen molar-refractivity contribution in [1.29, 1.82) is 0 Å². The zero-order valence-corrected chi connectivity index (χ0v) is 48.8. The number of amides is 7. The molecule has 0 saturated carbocycles. The van der Waals surface area contributed by atoms with E-state index in [2.05, 4.69) is 16.0 Å². The standard InChI is InChI=1S/C57H87N7O15/c1-15-33(6)44-42(65)30-43(66)78-47(32(4)5)46(67)34(7)48(68)58-39(28-31(2)3)51(71)63-25-16-18-40(63)52(72)61(13)41(29-37-19-21-38(76-14)22-20-37)53(73)77-36(9)45(50(70)59-44)60-49(69)35(8)62-27-24-57(54(62)74)23-17-26-64(57)55(75)79-56(10,11)12/h19-22,31-36,39-42,44-45,47,65H,15-18,23-30H2,1-14H3,(H,58,68)(H,59,70)(H,60,69)/t33-,34+,35?,36-,39+,40+,41+,42+,44-,45+,47+,57?/m0/s1. The number of carbonyl (C=O) groups excluding carboxylic acids is 10. The largest absolute Gasteiger partial charge is 0.497 e. The van der Waals surface area contributed by atoms with Crippen LogP contribution in [0.4, 0.5) is 4.79 Å². The molecule has 4 fully saturated rings. The minimum absolute atomic E-state index is 0.0807. The summed E-state index contributed by atoms with van der Waals surface area (Å²) in [5.74, 6) is -9.20. The van der Waals surface area contributed by atoms with Crippen LogP contribution >= 0.6 is 0 Å². The minimum Gasteiger partial charge on any atom is -0.497 e. The van der Waals surface area contributed by atoms with E-state index in [1.807, 2.05) is 13.8 Å². The van der Waals surface area contributed by atoms with Crippen LogP contribution in [0.25, 0.3) is 0 Å². The van der Waals surface area contributed by atoms with Gasteiger partial charge >= 0.3 is 18.0 Å². The van der Waals surface area contributed by atoms with Crippen LogP contribution in [-0.2, 0) is 63.8 Å². The van der Waals surface area contributed by atoms with Gasteiger partial charge in [-0.25, -0.2) is 9.59 Å². The molecular weight excluding hydrogens is 1020 g/mol. The number of hydrogen-bond donors (Lipinski definition) is 4. The number of likely N-dealkylation sites (tertiary alicyclic amines) is 2.